The SMILES string of the molecule is CCC(C)c1nccn1CCCCl. The Morgan fingerprint density at radius 2 is 2.38 bits per heavy atom. The van der Waals surface area contributed by atoms with Gasteiger partial charge < -0.3 is 4.57 Å². The Hall–Kier alpha value is -0.500. The molecule has 1 unspecified atom stereocenters. The van der Waals surface area contributed by atoms with Crippen molar-refractivity contribution in [1.29, 1.82) is 0 Å². The fourth-order valence-electron chi connectivity index (χ4n) is 1.35. The van der Waals surface area contributed by atoms with Crippen molar-refractivity contribution in [2.45, 2.75) is 39.2 Å². The van der Waals surface area contributed by atoms with Crippen molar-refractivity contribution in [2.24, 2.45) is 0 Å². The van der Waals surface area contributed by atoms with E-state index >= 15 is 0 Å². The summed E-state index contributed by atoms with van der Waals surface area (Å²) in [5.74, 6) is 2.45. The Balaban J connectivity index is 2.65. The lowest BCUT2D eigenvalue weighted by molar-refractivity contribution is 0.582. The highest BCUT2D eigenvalue weighted by Crippen LogP contribution is 2.16. The second-order valence-corrected chi connectivity index (χ2v) is 3.71. The average molecular weight is 201 g/mol. The first-order valence-electron chi connectivity index (χ1n) is 4.86. The van der Waals surface area contributed by atoms with Gasteiger partial charge in [0.25, 0.3) is 0 Å². The van der Waals surface area contributed by atoms with Crippen molar-refractivity contribution in [1.82, 2.24) is 9.55 Å². The van der Waals surface area contributed by atoms with Crippen LogP contribution in [0.3, 0.4) is 0 Å². The van der Waals surface area contributed by atoms with Crippen LogP contribution in [0.5, 0.6) is 0 Å². The number of rotatable bonds is 5. The fourth-order valence-corrected chi connectivity index (χ4v) is 1.47. The Kier molecular flexibility index (Phi) is 4.29. The topological polar surface area (TPSA) is 17.8 Å². The molecule has 1 aromatic heterocycles. The van der Waals surface area contributed by atoms with Crippen molar-refractivity contribution in [3.05, 3.63) is 18.2 Å². The monoisotopic (exact) mass is 200 g/mol. The maximum atomic E-state index is 5.65. The van der Waals surface area contributed by atoms with Crippen LogP contribution in [0.2, 0.25) is 0 Å². The average Bonchev–Trinajstić information content (AvgIpc) is 2.61. The Bertz CT molecular complexity index is 245. The second kappa shape index (κ2) is 5.28. The van der Waals surface area contributed by atoms with Crippen molar-refractivity contribution in [3.63, 3.8) is 0 Å². The Morgan fingerprint density at radius 3 is 3.00 bits per heavy atom. The van der Waals surface area contributed by atoms with Gasteiger partial charge in [-0.2, -0.15) is 0 Å². The molecule has 0 aromatic carbocycles. The second-order valence-electron chi connectivity index (χ2n) is 3.33. The van der Waals surface area contributed by atoms with Crippen LogP contribution in [-0.4, -0.2) is 15.4 Å². The normalized spacial score (nSPS) is 13.2. The number of aromatic nitrogens is 2. The Morgan fingerprint density at radius 1 is 1.62 bits per heavy atom. The molecule has 13 heavy (non-hydrogen) atoms. The van der Waals surface area contributed by atoms with E-state index in [9.17, 15) is 0 Å². The summed E-state index contributed by atoms with van der Waals surface area (Å²) in [6, 6.07) is 0. The summed E-state index contributed by atoms with van der Waals surface area (Å²) in [4.78, 5) is 4.36. The summed E-state index contributed by atoms with van der Waals surface area (Å²) >= 11 is 5.65. The molecule has 1 rings (SSSR count). The van der Waals surface area contributed by atoms with Crippen LogP contribution in [-0.2, 0) is 6.54 Å². The molecule has 1 aromatic rings. The third kappa shape index (κ3) is 2.73. The number of nitrogens with zero attached hydrogens (tertiary/aromatic N) is 2. The van der Waals surface area contributed by atoms with Gasteiger partial charge in [0.15, 0.2) is 0 Å². The predicted octanol–water partition coefficient (Wildman–Crippen LogP) is 3.03. The number of hydrogen-bond donors (Lipinski definition) is 0. The van der Waals surface area contributed by atoms with Crippen LogP contribution in [0.15, 0.2) is 12.4 Å². The quantitative estimate of drug-likeness (QED) is 0.669. The van der Waals surface area contributed by atoms with E-state index in [1.165, 1.54) is 5.82 Å². The summed E-state index contributed by atoms with van der Waals surface area (Å²) in [7, 11) is 0. The van der Waals surface area contributed by atoms with E-state index in [-0.39, 0.29) is 0 Å². The zero-order valence-corrected chi connectivity index (χ0v) is 9.09. The standard InChI is InChI=1S/C10H17ClN2/c1-3-9(2)10-12-6-8-13(10)7-4-5-11/h6,8-9H,3-5,7H2,1-2H3. The van der Waals surface area contributed by atoms with Gasteiger partial charge in [-0.1, -0.05) is 13.8 Å². The minimum atomic E-state index is 0.547. The van der Waals surface area contributed by atoms with Crippen LogP contribution in [0.25, 0.3) is 0 Å². The molecule has 0 amide bonds. The van der Waals surface area contributed by atoms with Crippen LogP contribution in [0.1, 0.15) is 38.4 Å². The molecule has 0 saturated carbocycles. The zero-order chi connectivity index (χ0) is 9.68. The summed E-state index contributed by atoms with van der Waals surface area (Å²) in [6.07, 6.45) is 6.06. The zero-order valence-electron chi connectivity index (χ0n) is 8.33. The van der Waals surface area contributed by atoms with Gasteiger partial charge in [0, 0.05) is 30.7 Å². The number of imidazole rings is 1. The van der Waals surface area contributed by atoms with E-state index in [1.54, 1.807) is 0 Å². The van der Waals surface area contributed by atoms with E-state index in [1.807, 2.05) is 12.4 Å². The maximum Gasteiger partial charge on any atom is 0.111 e. The molecule has 74 valence electrons. The largest absolute Gasteiger partial charge is 0.335 e. The lowest BCUT2D eigenvalue weighted by Gasteiger charge is -2.11. The number of hydrogen-bond acceptors (Lipinski definition) is 1. The molecule has 0 N–H and O–H groups in total. The van der Waals surface area contributed by atoms with E-state index in [2.05, 4.69) is 23.4 Å². The highest BCUT2D eigenvalue weighted by Gasteiger charge is 2.08. The molecule has 2 nitrogen and oxygen atoms in total. The first-order chi connectivity index (χ1) is 6.29. The van der Waals surface area contributed by atoms with Crippen LogP contribution < -0.4 is 0 Å². The third-order valence-electron chi connectivity index (χ3n) is 2.33. The van der Waals surface area contributed by atoms with E-state index in [0.29, 0.717) is 5.92 Å². The minimum Gasteiger partial charge on any atom is -0.335 e. The van der Waals surface area contributed by atoms with Gasteiger partial charge in [0.05, 0.1) is 0 Å². The minimum absolute atomic E-state index is 0.547. The molecule has 0 saturated heterocycles. The number of halogens is 1. The van der Waals surface area contributed by atoms with Gasteiger partial charge in [0.1, 0.15) is 5.82 Å². The molecule has 0 spiro atoms. The first kappa shape index (κ1) is 10.6. The van der Waals surface area contributed by atoms with Crippen molar-refractivity contribution >= 4 is 11.6 Å². The summed E-state index contributed by atoms with van der Waals surface area (Å²) in [5.41, 5.74) is 0. The lowest BCUT2D eigenvalue weighted by Crippen LogP contribution is -2.06. The van der Waals surface area contributed by atoms with Crippen LogP contribution >= 0.6 is 11.6 Å². The van der Waals surface area contributed by atoms with Crippen molar-refractivity contribution in [2.75, 3.05) is 5.88 Å². The molecule has 0 aliphatic carbocycles. The predicted molar refractivity (Wildman–Crippen MR) is 56.3 cm³/mol. The molecule has 0 radical (unpaired) electrons. The molecule has 1 heterocycles. The van der Waals surface area contributed by atoms with Crippen molar-refractivity contribution < 1.29 is 0 Å². The summed E-state index contributed by atoms with van der Waals surface area (Å²) in [6.45, 7) is 5.38. The number of alkyl halides is 1. The molecule has 0 fully saturated rings. The van der Waals surface area contributed by atoms with Crippen molar-refractivity contribution in [3.8, 4) is 0 Å². The van der Waals surface area contributed by atoms with E-state index in [0.717, 1.165) is 25.3 Å². The van der Waals surface area contributed by atoms with Gasteiger partial charge in [-0.05, 0) is 12.8 Å². The highest BCUT2D eigenvalue weighted by molar-refractivity contribution is 6.17. The molecular formula is C10H17ClN2. The van der Waals surface area contributed by atoms with Gasteiger partial charge in [-0.3, -0.25) is 0 Å². The lowest BCUT2D eigenvalue weighted by atomic mass is 10.1. The van der Waals surface area contributed by atoms with Crippen LogP contribution in [0.4, 0.5) is 0 Å². The summed E-state index contributed by atoms with van der Waals surface area (Å²) in [5, 5.41) is 0. The molecule has 0 aliphatic heterocycles. The molecular weight excluding hydrogens is 184 g/mol. The van der Waals surface area contributed by atoms with Crippen LogP contribution in [0, 0.1) is 0 Å². The molecule has 0 bridgehead atoms. The molecule has 0 aliphatic rings. The van der Waals surface area contributed by atoms with E-state index < -0.39 is 0 Å². The van der Waals surface area contributed by atoms with Gasteiger partial charge in [-0.15, -0.1) is 11.6 Å². The summed E-state index contributed by atoms with van der Waals surface area (Å²) < 4.78 is 2.20. The first-order valence-corrected chi connectivity index (χ1v) is 5.40. The number of aryl methyl sites for hydroxylation is 1. The van der Waals surface area contributed by atoms with E-state index in [4.69, 9.17) is 11.6 Å². The highest BCUT2D eigenvalue weighted by atomic mass is 35.5. The van der Waals surface area contributed by atoms with Gasteiger partial charge >= 0.3 is 0 Å². The van der Waals surface area contributed by atoms with Gasteiger partial charge in [0.2, 0.25) is 0 Å². The third-order valence-corrected chi connectivity index (χ3v) is 2.60. The Labute approximate surface area is 84.9 Å². The fraction of sp³-hybridized carbons (Fsp3) is 0.700. The maximum absolute atomic E-state index is 5.65. The molecule has 1 atom stereocenters. The van der Waals surface area contributed by atoms with Gasteiger partial charge in [-0.25, -0.2) is 4.98 Å². The smallest absolute Gasteiger partial charge is 0.111 e. The molecule has 3 heteroatoms.